The predicted molar refractivity (Wildman–Crippen MR) is 112 cm³/mol. The van der Waals surface area contributed by atoms with Crippen molar-refractivity contribution in [3.8, 4) is 11.5 Å². The largest absolute Gasteiger partial charge is 0.493 e. The molecule has 0 aliphatic carbocycles. The summed E-state index contributed by atoms with van der Waals surface area (Å²) in [5.41, 5.74) is 1.21. The average Bonchev–Trinajstić information content (AvgIpc) is 2.71. The minimum Gasteiger partial charge on any atom is -0.493 e. The van der Waals surface area contributed by atoms with E-state index in [1.165, 1.54) is 13.2 Å². The van der Waals surface area contributed by atoms with E-state index in [9.17, 15) is 9.59 Å². The Labute approximate surface area is 176 Å². The van der Waals surface area contributed by atoms with Crippen LogP contribution in [-0.4, -0.2) is 31.6 Å². The third kappa shape index (κ3) is 6.98. The summed E-state index contributed by atoms with van der Waals surface area (Å²) in [6.45, 7) is 5.89. The zero-order chi connectivity index (χ0) is 21.4. The lowest BCUT2D eigenvalue weighted by Gasteiger charge is -2.17. The van der Waals surface area contributed by atoms with Crippen LogP contribution in [0, 0.1) is 5.92 Å². The van der Waals surface area contributed by atoms with Crippen molar-refractivity contribution in [1.29, 1.82) is 0 Å². The number of carbonyl (C=O) groups is 2. The number of ether oxygens (including phenoxy) is 3. The Morgan fingerprint density at radius 1 is 1.03 bits per heavy atom. The van der Waals surface area contributed by atoms with Crippen molar-refractivity contribution in [2.24, 2.45) is 5.92 Å². The van der Waals surface area contributed by atoms with Crippen LogP contribution < -0.4 is 14.8 Å². The van der Waals surface area contributed by atoms with Crippen LogP contribution in [0.25, 0.3) is 0 Å². The maximum absolute atomic E-state index is 12.2. The molecule has 7 heteroatoms. The van der Waals surface area contributed by atoms with Gasteiger partial charge < -0.3 is 19.5 Å². The molecule has 0 saturated heterocycles. The fourth-order valence-corrected chi connectivity index (χ4v) is 2.46. The monoisotopic (exact) mass is 419 g/mol. The lowest BCUT2D eigenvalue weighted by Crippen LogP contribution is -2.38. The third-order valence-electron chi connectivity index (χ3n) is 4.43. The number of carbonyl (C=O) groups excluding carboxylic acids is 2. The van der Waals surface area contributed by atoms with Gasteiger partial charge in [0.05, 0.1) is 12.7 Å². The smallest absolute Gasteiger partial charge is 0.338 e. The van der Waals surface area contributed by atoms with E-state index in [4.69, 9.17) is 25.8 Å². The Hall–Kier alpha value is -2.73. The second-order valence-electron chi connectivity index (χ2n) is 6.96. The SMILES string of the molecule is COc1cc(C(=O)OCC(=O)NC(C)C(C)C)ccc1OCc1ccc(Cl)cc1. The van der Waals surface area contributed by atoms with Crippen LogP contribution in [-0.2, 0) is 16.1 Å². The van der Waals surface area contributed by atoms with Crippen molar-refractivity contribution < 1.29 is 23.8 Å². The second kappa shape index (κ2) is 10.7. The molecule has 2 aromatic carbocycles. The van der Waals surface area contributed by atoms with Crippen LogP contribution in [0.1, 0.15) is 36.7 Å². The van der Waals surface area contributed by atoms with Crippen LogP contribution in [0.2, 0.25) is 5.02 Å². The number of benzene rings is 2. The van der Waals surface area contributed by atoms with E-state index >= 15 is 0 Å². The molecule has 29 heavy (non-hydrogen) atoms. The minimum atomic E-state index is -0.611. The maximum atomic E-state index is 12.2. The molecule has 1 N–H and O–H groups in total. The van der Waals surface area contributed by atoms with Gasteiger partial charge in [-0.3, -0.25) is 4.79 Å². The first kappa shape index (κ1) is 22.6. The quantitative estimate of drug-likeness (QED) is 0.615. The van der Waals surface area contributed by atoms with E-state index < -0.39 is 5.97 Å². The lowest BCUT2D eigenvalue weighted by atomic mass is 10.1. The lowest BCUT2D eigenvalue weighted by molar-refractivity contribution is -0.125. The Morgan fingerprint density at radius 3 is 2.34 bits per heavy atom. The second-order valence-corrected chi connectivity index (χ2v) is 7.39. The van der Waals surface area contributed by atoms with Gasteiger partial charge in [-0.25, -0.2) is 4.79 Å². The first-order valence-corrected chi connectivity index (χ1v) is 9.69. The Balaban J connectivity index is 1.95. The number of halogens is 1. The summed E-state index contributed by atoms with van der Waals surface area (Å²) >= 11 is 5.88. The van der Waals surface area contributed by atoms with Gasteiger partial charge in [0, 0.05) is 11.1 Å². The maximum Gasteiger partial charge on any atom is 0.338 e. The van der Waals surface area contributed by atoms with Crippen molar-refractivity contribution in [2.45, 2.75) is 33.4 Å². The van der Waals surface area contributed by atoms with Gasteiger partial charge in [0.15, 0.2) is 18.1 Å². The molecule has 0 heterocycles. The van der Waals surface area contributed by atoms with Crippen molar-refractivity contribution in [3.05, 3.63) is 58.6 Å². The molecule has 0 radical (unpaired) electrons. The average molecular weight is 420 g/mol. The minimum absolute atomic E-state index is 0.00151. The molecule has 0 aliphatic rings. The van der Waals surface area contributed by atoms with Gasteiger partial charge in [-0.1, -0.05) is 37.6 Å². The number of hydrogen-bond acceptors (Lipinski definition) is 5. The van der Waals surface area contributed by atoms with Crippen LogP contribution in [0.15, 0.2) is 42.5 Å². The molecule has 156 valence electrons. The number of methoxy groups -OCH3 is 1. The summed E-state index contributed by atoms with van der Waals surface area (Å²) in [7, 11) is 1.49. The van der Waals surface area contributed by atoms with Crippen molar-refractivity contribution >= 4 is 23.5 Å². The Bertz CT molecular complexity index is 836. The summed E-state index contributed by atoms with van der Waals surface area (Å²) in [6.07, 6.45) is 0. The van der Waals surface area contributed by atoms with Gasteiger partial charge in [0.1, 0.15) is 6.61 Å². The highest BCUT2D eigenvalue weighted by Crippen LogP contribution is 2.29. The van der Waals surface area contributed by atoms with Gasteiger partial charge in [0.2, 0.25) is 0 Å². The first-order valence-electron chi connectivity index (χ1n) is 9.32. The summed E-state index contributed by atoms with van der Waals surface area (Å²) in [6, 6.07) is 12.0. The molecule has 0 fully saturated rings. The number of amides is 1. The third-order valence-corrected chi connectivity index (χ3v) is 4.68. The predicted octanol–water partition coefficient (Wildman–Crippen LogP) is 4.25. The van der Waals surface area contributed by atoms with Crippen molar-refractivity contribution in [3.63, 3.8) is 0 Å². The molecule has 0 spiro atoms. The van der Waals surface area contributed by atoms with Crippen LogP contribution in [0.4, 0.5) is 0 Å². The topological polar surface area (TPSA) is 73.9 Å². The van der Waals surface area contributed by atoms with Gasteiger partial charge in [-0.15, -0.1) is 0 Å². The number of rotatable bonds is 9. The number of esters is 1. The van der Waals surface area contributed by atoms with Crippen LogP contribution >= 0.6 is 11.6 Å². The highest BCUT2D eigenvalue weighted by Gasteiger charge is 2.16. The molecule has 0 aliphatic heterocycles. The Morgan fingerprint density at radius 2 is 1.72 bits per heavy atom. The highest BCUT2D eigenvalue weighted by molar-refractivity contribution is 6.30. The summed E-state index contributed by atoms with van der Waals surface area (Å²) < 4.78 is 16.2. The number of hydrogen-bond donors (Lipinski definition) is 1. The summed E-state index contributed by atoms with van der Waals surface area (Å²) in [4.78, 5) is 24.1. The van der Waals surface area contributed by atoms with Crippen LogP contribution in [0.3, 0.4) is 0 Å². The molecule has 1 amide bonds. The van der Waals surface area contributed by atoms with E-state index in [2.05, 4.69) is 5.32 Å². The zero-order valence-electron chi connectivity index (χ0n) is 17.0. The fraction of sp³-hybridized carbons (Fsp3) is 0.364. The van der Waals surface area contributed by atoms with E-state index in [0.29, 0.717) is 29.0 Å². The summed E-state index contributed by atoms with van der Waals surface area (Å²) in [5.74, 6) is 0.225. The van der Waals surface area contributed by atoms with E-state index in [1.54, 1.807) is 24.3 Å². The van der Waals surface area contributed by atoms with Crippen molar-refractivity contribution in [2.75, 3.05) is 13.7 Å². The standard InChI is InChI=1S/C22H26ClNO5/c1-14(2)15(3)24-21(25)13-29-22(26)17-7-10-19(20(11-17)27-4)28-12-16-5-8-18(23)9-6-16/h5-11,14-15H,12-13H2,1-4H3,(H,24,25). The van der Waals surface area contributed by atoms with Crippen LogP contribution in [0.5, 0.6) is 11.5 Å². The number of nitrogens with one attached hydrogen (secondary N) is 1. The normalized spacial score (nSPS) is 11.7. The van der Waals surface area contributed by atoms with Gasteiger partial charge in [0.25, 0.3) is 5.91 Å². The first-order chi connectivity index (χ1) is 13.8. The zero-order valence-corrected chi connectivity index (χ0v) is 17.8. The molecule has 1 unspecified atom stereocenters. The molecular formula is C22H26ClNO5. The van der Waals surface area contributed by atoms with E-state index in [-0.39, 0.29) is 24.1 Å². The molecule has 0 aromatic heterocycles. The molecule has 6 nitrogen and oxygen atoms in total. The molecular weight excluding hydrogens is 394 g/mol. The Kier molecular flexibility index (Phi) is 8.34. The fourth-order valence-electron chi connectivity index (χ4n) is 2.33. The summed E-state index contributed by atoms with van der Waals surface area (Å²) in [5, 5.41) is 3.44. The van der Waals surface area contributed by atoms with Gasteiger partial charge in [-0.2, -0.15) is 0 Å². The van der Waals surface area contributed by atoms with Gasteiger partial charge in [-0.05, 0) is 48.7 Å². The molecule has 0 bridgehead atoms. The molecule has 2 aromatic rings. The van der Waals surface area contributed by atoms with E-state index in [0.717, 1.165) is 5.56 Å². The van der Waals surface area contributed by atoms with E-state index in [1.807, 2.05) is 32.9 Å². The molecule has 1 atom stereocenters. The highest BCUT2D eigenvalue weighted by atomic mass is 35.5. The molecule has 0 saturated carbocycles. The molecule has 2 rings (SSSR count). The van der Waals surface area contributed by atoms with Crippen molar-refractivity contribution in [1.82, 2.24) is 5.32 Å². The van der Waals surface area contributed by atoms with Gasteiger partial charge >= 0.3 is 5.97 Å².